The molecule has 0 unspecified atom stereocenters. The Morgan fingerprint density at radius 3 is 2.86 bits per heavy atom. The summed E-state index contributed by atoms with van der Waals surface area (Å²) in [4.78, 5) is 0.0881. The second-order valence-corrected chi connectivity index (χ2v) is 6.39. The van der Waals surface area contributed by atoms with E-state index in [-0.39, 0.29) is 17.0 Å². The number of hydrogen-bond donors (Lipinski definition) is 1. The standard InChI is InChI=1S/C12H13N5O3S/c1-8-3-4-10-11(16-20-15-10)12(8)21(18,19)14-6-9-5-13-17(2)7-9/h3-5,7,14H,6H2,1-2H3. The van der Waals surface area contributed by atoms with Gasteiger partial charge < -0.3 is 0 Å². The van der Waals surface area contributed by atoms with Gasteiger partial charge in [0, 0.05) is 25.4 Å². The fraction of sp³-hybridized carbons (Fsp3) is 0.250. The minimum Gasteiger partial charge on any atom is -0.275 e. The van der Waals surface area contributed by atoms with Crippen LogP contribution < -0.4 is 4.72 Å². The van der Waals surface area contributed by atoms with Crippen molar-refractivity contribution in [3.63, 3.8) is 0 Å². The molecule has 110 valence electrons. The third kappa shape index (κ3) is 2.52. The Morgan fingerprint density at radius 1 is 1.33 bits per heavy atom. The molecule has 0 amide bonds. The Hall–Kier alpha value is -2.26. The van der Waals surface area contributed by atoms with Crippen molar-refractivity contribution >= 4 is 21.1 Å². The zero-order chi connectivity index (χ0) is 15.0. The largest absolute Gasteiger partial charge is 0.275 e. The first-order chi connectivity index (χ1) is 9.97. The number of fused-ring (bicyclic) bond motifs is 1. The zero-order valence-corrected chi connectivity index (χ0v) is 12.3. The highest BCUT2D eigenvalue weighted by Gasteiger charge is 2.23. The summed E-state index contributed by atoms with van der Waals surface area (Å²) >= 11 is 0. The van der Waals surface area contributed by atoms with E-state index in [1.807, 2.05) is 0 Å². The first kappa shape index (κ1) is 13.7. The van der Waals surface area contributed by atoms with Gasteiger partial charge in [-0.15, -0.1) is 0 Å². The number of rotatable bonds is 4. The highest BCUT2D eigenvalue weighted by molar-refractivity contribution is 7.89. The van der Waals surface area contributed by atoms with Crippen molar-refractivity contribution < 1.29 is 13.0 Å². The molecule has 0 saturated carbocycles. The van der Waals surface area contributed by atoms with Crippen LogP contribution in [-0.2, 0) is 23.6 Å². The highest BCUT2D eigenvalue weighted by atomic mass is 32.2. The fourth-order valence-corrected chi connectivity index (χ4v) is 3.47. The molecule has 2 heterocycles. The van der Waals surface area contributed by atoms with Gasteiger partial charge in [0.15, 0.2) is 5.52 Å². The quantitative estimate of drug-likeness (QED) is 0.762. The number of sulfonamides is 1. The molecule has 0 radical (unpaired) electrons. The van der Waals surface area contributed by atoms with Crippen molar-refractivity contribution in [2.24, 2.45) is 7.05 Å². The molecule has 0 saturated heterocycles. The Bertz CT molecular complexity index is 897. The average molecular weight is 307 g/mol. The van der Waals surface area contributed by atoms with Crippen LogP contribution in [0.1, 0.15) is 11.1 Å². The number of aromatic nitrogens is 4. The normalized spacial score (nSPS) is 12.1. The minimum atomic E-state index is -3.73. The summed E-state index contributed by atoms with van der Waals surface area (Å²) in [5.74, 6) is 0. The lowest BCUT2D eigenvalue weighted by molar-refractivity contribution is 0.315. The molecule has 2 aromatic heterocycles. The summed E-state index contributed by atoms with van der Waals surface area (Å²) in [7, 11) is -1.96. The van der Waals surface area contributed by atoms with Gasteiger partial charge in [-0.3, -0.25) is 4.68 Å². The summed E-state index contributed by atoms with van der Waals surface area (Å²) in [6.07, 6.45) is 3.35. The maximum atomic E-state index is 12.5. The number of nitrogens with zero attached hydrogens (tertiary/aromatic N) is 4. The van der Waals surface area contributed by atoms with Crippen molar-refractivity contribution in [1.29, 1.82) is 0 Å². The molecule has 1 aromatic carbocycles. The first-order valence-corrected chi connectivity index (χ1v) is 7.65. The Balaban J connectivity index is 1.96. The molecule has 0 spiro atoms. The lowest BCUT2D eigenvalue weighted by atomic mass is 10.2. The summed E-state index contributed by atoms with van der Waals surface area (Å²) in [5, 5.41) is 11.3. The van der Waals surface area contributed by atoms with E-state index in [2.05, 4.69) is 24.8 Å². The molecule has 3 rings (SSSR count). The molecular formula is C12H13N5O3S. The van der Waals surface area contributed by atoms with Gasteiger partial charge in [0.05, 0.1) is 6.20 Å². The maximum absolute atomic E-state index is 12.5. The van der Waals surface area contributed by atoms with Crippen LogP contribution in [0.25, 0.3) is 11.0 Å². The lowest BCUT2D eigenvalue weighted by Gasteiger charge is -2.08. The molecule has 0 bridgehead atoms. The van der Waals surface area contributed by atoms with Crippen LogP contribution in [0, 0.1) is 6.92 Å². The summed E-state index contributed by atoms with van der Waals surface area (Å²) in [6, 6.07) is 3.34. The van der Waals surface area contributed by atoms with Gasteiger partial charge in [0.1, 0.15) is 10.4 Å². The fourth-order valence-electron chi connectivity index (χ4n) is 2.08. The summed E-state index contributed by atoms with van der Waals surface area (Å²) < 4.78 is 33.8. The monoisotopic (exact) mass is 307 g/mol. The molecule has 0 atom stereocenters. The van der Waals surface area contributed by atoms with Gasteiger partial charge in [-0.1, -0.05) is 6.07 Å². The molecule has 1 N–H and O–H groups in total. The molecule has 21 heavy (non-hydrogen) atoms. The van der Waals surface area contributed by atoms with Crippen LogP contribution in [0.2, 0.25) is 0 Å². The predicted octanol–water partition coefficient (Wildman–Crippen LogP) is 0.743. The van der Waals surface area contributed by atoms with Crippen LogP contribution in [0.5, 0.6) is 0 Å². The molecule has 0 aliphatic heterocycles. The Kier molecular flexibility index (Phi) is 3.22. The minimum absolute atomic E-state index is 0.0881. The van der Waals surface area contributed by atoms with Crippen molar-refractivity contribution in [2.75, 3.05) is 0 Å². The van der Waals surface area contributed by atoms with E-state index >= 15 is 0 Å². The highest BCUT2D eigenvalue weighted by Crippen LogP contribution is 2.23. The molecule has 0 aliphatic rings. The van der Waals surface area contributed by atoms with Gasteiger partial charge >= 0.3 is 0 Å². The summed E-state index contributed by atoms with van der Waals surface area (Å²) in [5.41, 5.74) is 1.98. The van der Waals surface area contributed by atoms with Crippen LogP contribution in [0.3, 0.4) is 0 Å². The molecule has 3 aromatic rings. The lowest BCUT2D eigenvalue weighted by Crippen LogP contribution is -2.24. The number of aryl methyl sites for hydroxylation is 2. The average Bonchev–Trinajstić information content (AvgIpc) is 3.04. The number of benzene rings is 1. The van der Waals surface area contributed by atoms with E-state index in [0.29, 0.717) is 11.1 Å². The smallest absolute Gasteiger partial charge is 0.243 e. The van der Waals surface area contributed by atoms with Crippen LogP contribution >= 0.6 is 0 Å². The van der Waals surface area contributed by atoms with E-state index in [9.17, 15) is 8.42 Å². The molecule has 0 aliphatic carbocycles. The van der Waals surface area contributed by atoms with Gasteiger partial charge in [0.2, 0.25) is 10.0 Å². The van der Waals surface area contributed by atoms with E-state index in [0.717, 1.165) is 5.56 Å². The van der Waals surface area contributed by atoms with Gasteiger partial charge in [-0.2, -0.15) is 5.10 Å². The Labute approximate surface area is 120 Å². The maximum Gasteiger partial charge on any atom is 0.243 e. The SMILES string of the molecule is Cc1ccc2nonc2c1S(=O)(=O)NCc1cnn(C)c1. The summed E-state index contributed by atoms with van der Waals surface area (Å²) in [6.45, 7) is 1.85. The van der Waals surface area contributed by atoms with E-state index in [1.54, 1.807) is 43.2 Å². The number of hydrogen-bond acceptors (Lipinski definition) is 6. The zero-order valence-electron chi connectivity index (χ0n) is 11.4. The van der Waals surface area contributed by atoms with Crippen LogP contribution in [-0.4, -0.2) is 28.5 Å². The van der Waals surface area contributed by atoms with Crippen molar-refractivity contribution in [1.82, 2.24) is 24.8 Å². The van der Waals surface area contributed by atoms with E-state index < -0.39 is 10.0 Å². The second-order valence-electron chi connectivity index (χ2n) is 4.69. The molecule has 0 fully saturated rings. The van der Waals surface area contributed by atoms with Gasteiger partial charge in [-0.05, 0) is 28.9 Å². The van der Waals surface area contributed by atoms with Crippen molar-refractivity contribution in [3.8, 4) is 0 Å². The van der Waals surface area contributed by atoms with Gasteiger partial charge in [0.25, 0.3) is 0 Å². The third-order valence-corrected chi connectivity index (χ3v) is 4.65. The molecule has 8 nitrogen and oxygen atoms in total. The first-order valence-electron chi connectivity index (χ1n) is 6.16. The predicted molar refractivity (Wildman–Crippen MR) is 73.8 cm³/mol. The third-order valence-electron chi connectivity index (χ3n) is 3.07. The van der Waals surface area contributed by atoms with Crippen LogP contribution in [0.4, 0.5) is 0 Å². The van der Waals surface area contributed by atoms with E-state index in [4.69, 9.17) is 0 Å². The van der Waals surface area contributed by atoms with Crippen molar-refractivity contribution in [3.05, 3.63) is 35.7 Å². The Morgan fingerprint density at radius 2 is 2.14 bits per heavy atom. The second kappa shape index (κ2) is 4.93. The van der Waals surface area contributed by atoms with Gasteiger partial charge in [-0.25, -0.2) is 17.8 Å². The van der Waals surface area contributed by atoms with E-state index in [1.165, 1.54) is 0 Å². The van der Waals surface area contributed by atoms with Crippen LogP contribution in [0.15, 0.2) is 34.1 Å². The number of nitrogens with one attached hydrogen (secondary N) is 1. The van der Waals surface area contributed by atoms with Crippen molar-refractivity contribution in [2.45, 2.75) is 18.4 Å². The molecule has 9 heteroatoms. The molecular weight excluding hydrogens is 294 g/mol. The topological polar surface area (TPSA) is 103 Å².